The van der Waals surface area contributed by atoms with Crippen molar-refractivity contribution in [1.82, 2.24) is 19.6 Å². The van der Waals surface area contributed by atoms with Crippen molar-refractivity contribution in [3.8, 4) is 0 Å². The lowest BCUT2D eigenvalue weighted by Gasteiger charge is -2.22. The first kappa shape index (κ1) is 11.8. The fraction of sp³-hybridized carbons (Fsp3) is 0.545. The molecular weight excluding hydrogens is 218 g/mol. The van der Waals surface area contributed by atoms with Gasteiger partial charge in [-0.2, -0.15) is 14.6 Å². The van der Waals surface area contributed by atoms with E-state index >= 15 is 0 Å². The maximum atomic E-state index is 9.21. The fourth-order valence-corrected chi connectivity index (χ4v) is 1.44. The Hall–Kier alpha value is -1.69. The van der Waals surface area contributed by atoms with Crippen LogP contribution >= 0.6 is 0 Å². The lowest BCUT2D eigenvalue weighted by Crippen LogP contribution is -2.27. The van der Waals surface area contributed by atoms with Crippen LogP contribution in [0.4, 0.5) is 5.82 Å². The summed E-state index contributed by atoms with van der Waals surface area (Å²) in [5.41, 5.74) is 0.708. The molecule has 92 valence electrons. The zero-order valence-electron chi connectivity index (χ0n) is 10.3. The zero-order chi connectivity index (χ0) is 12.5. The van der Waals surface area contributed by atoms with Crippen LogP contribution in [-0.2, 0) is 0 Å². The first-order valence-corrected chi connectivity index (χ1v) is 5.54. The van der Waals surface area contributed by atoms with Crippen molar-refractivity contribution in [2.75, 3.05) is 18.5 Å². The molecule has 2 aromatic heterocycles. The monoisotopic (exact) mass is 235 g/mol. The summed E-state index contributed by atoms with van der Waals surface area (Å²) in [5.74, 6) is 1.42. The van der Waals surface area contributed by atoms with E-state index in [2.05, 4.69) is 20.4 Å². The molecule has 0 radical (unpaired) electrons. The number of nitrogens with one attached hydrogen (secondary N) is 1. The van der Waals surface area contributed by atoms with Gasteiger partial charge in [0, 0.05) is 30.3 Å². The maximum Gasteiger partial charge on any atom is 0.254 e. The van der Waals surface area contributed by atoms with Gasteiger partial charge in [-0.15, -0.1) is 0 Å². The molecule has 0 atom stereocenters. The second kappa shape index (κ2) is 4.29. The first-order valence-electron chi connectivity index (χ1n) is 5.54. The summed E-state index contributed by atoms with van der Waals surface area (Å²) < 4.78 is 1.65. The Bertz CT molecular complexity index is 520. The average molecular weight is 235 g/mol. The SMILES string of the molecule is Cc1cc(NCC(C)(C)CO)n2ncnc2n1. The Labute approximate surface area is 99.7 Å². The van der Waals surface area contributed by atoms with Gasteiger partial charge in [0.25, 0.3) is 5.78 Å². The van der Waals surface area contributed by atoms with Gasteiger partial charge in [-0.25, -0.2) is 4.98 Å². The predicted molar refractivity (Wildman–Crippen MR) is 64.9 cm³/mol. The molecule has 0 aliphatic heterocycles. The zero-order valence-corrected chi connectivity index (χ0v) is 10.3. The van der Waals surface area contributed by atoms with Crippen LogP contribution in [-0.4, -0.2) is 37.8 Å². The molecule has 0 amide bonds. The summed E-state index contributed by atoms with van der Waals surface area (Å²) in [6.07, 6.45) is 1.48. The van der Waals surface area contributed by atoms with Gasteiger partial charge < -0.3 is 10.4 Å². The number of aryl methyl sites for hydroxylation is 1. The van der Waals surface area contributed by atoms with E-state index in [4.69, 9.17) is 0 Å². The van der Waals surface area contributed by atoms with E-state index in [0.29, 0.717) is 12.3 Å². The van der Waals surface area contributed by atoms with Gasteiger partial charge in [0.15, 0.2) is 0 Å². The number of anilines is 1. The topological polar surface area (TPSA) is 75.3 Å². The number of hydrogen-bond donors (Lipinski definition) is 2. The standard InChI is InChI=1S/C11H17N5O/c1-8-4-9(12-5-11(2,3)6-17)16-10(15-8)13-7-14-16/h4,7,12,17H,5-6H2,1-3H3. The molecule has 2 rings (SSSR count). The second-order valence-electron chi connectivity index (χ2n) is 4.93. The number of aliphatic hydroxyl groups is 1. The first-order chi connectivity index (χ1) is 8.02. The third kappa shape index (κ3) is 2.52. The summed E-state index contributed by atoms with van der Waals surface area (Å²) in [5, 5.41) is 16.6. The molecule has 0 saturated carbocycles. The summed E-state index contributed by atoms with van der Waals surface area (Å²) in [4.78, 5) is 8.32. The third-order valence-electron chi connectivity index (χ3n) is 2.56. The highest BCUT2D eigenvalue weighted by Gasteiger charge is 2.17. The lowest BCUT2D eigenvalue weighted by molar-refractivity contribution is 0.170. The largest absolute Gasteiger partial charge is 0.396 e. The van der Waals surface area contributed by atoms with Gasteiger partial charge >= 0.3 is 0 Å². The third-order valence-corrected chi connectivity index (χ3v) is 2.56. The van der Waals surface area contributed by atoms with Gasteiger partial charge in [-0.1, -0.05) is 13.8 Å². The van der Waals surface area contributed by atoms with Crippen molar-refractivity contribution in [1.29, 1.82) is 0 Å². The molecule has 0 aromatic carbocycles. The van der Waals surface area contributed by atoms with E-state index in [0.717, 1.165) is 11.5 Å². The number of fused-ring (bicyclic) bond motifs is 1. The quantitative estimate of drug-likeness (QED) is 0.822. The predicted octanol–water partition coefficient (Wildman–Crippen LogP) is 0.863. The Kier molecular flexibility index (Phi) is 2.97. The van der Waals surface area contributed by atoms with Gasteiger partial charge in [0.2, 0.25) is 0 Å². The van der Waals surface area contributed by atoms with E-state index < -0.39 is 0 Å². The summed E-state index contributed by atoms with van der Waals surface area (Å²) in [6, 6.07) is 1.91. The van der Waals surface area contributed by atoms with Crippen LogP contribution in [0.5, 0.6) is 0 Å². The van der Waals surface area contributed by atoms with Crippen LogP contribution in [0.3, 0.4) is 0 Å². The number of rotatable bonds is 4. The maximum absolute atomic E-state index is 9.21. The van der Waals surface area contributed by atoms with E-state index in [-0.39, 0.29) is 12.0 Å². The number of nitrogens with zero attached hydrogens (tertiary/aromatic N) is 4. The molecule has 0 aliphatic carbocycles. The second-order valence-corrected chi connectivity index (χ2v) is 4.93. The van der Waals surface area contributed by atoms with Crippen LogP contribution in [0.25, 0.3) is 5.78 Å². The molecule has 17 heavy (non-hydrogen) atoms. The van der Waals surface area contributed by atoms with E-state index in [9.17, 15) is 5.11 Å². The van der Waals surface area contributed by atoms with Gasteiger partial charge in [-0.3, -0.25) is 0 Å². The van der Waals surface area contributed by atoms with E-state index in [1.54, 1.807) is 4.52 Å². The molecule has 0 bridgehead atoms. The highest BCUT2D eigenvalue weighted by Crippen LogP contribution is 2.16. The van der Waals surface area contributed by atoms with Crippen molar-refractivity contribution >= 4 is 11.6 Å². The Balaban J connectivity index is 2.26. The van der Waals surface area contributed by atoms with Crippen LogP contribution in [0.2, 0.25) is 0 Å². The Morgan fingerprint density at radius 3 is 2.94 bits per heavy atom. The lowest BCUT2D eigenvalue weighted by atomic mass is 9.95. The molecule has 0 spiro atoms. The summed E-state index contributed by atoms with van der Waals surface area (Å²) in [6.45, 7) is 6.68. The minimum atomic E-state index is -0.177. The van der Waals surface area contributed by atoms with E-state index in [1.807, 2.05) is 26.8 Å². The van der Waals surface area contributed by atoms with Gasteiger partial charge in [0.05, 0.1) is 0 Å². The molecule has 2 aromatic rings. The number of aromatic nitrogens is 4. The highest BCUT2D eigenvalue weighted by atomic mass is 16.3. The molecule has 0 aliphatic rings. The van der Waals surface area contributed by atoms with Crippen LogP contribution in [0.1, 0.15) is 19.5 Å². The molecule has 0 unspecified atom stereocenters. The summed E-state index contributed by atoms with van der Waals surface area (Å²) in [7, 11) is 0. The molecule has 6 nitrogen and oxygen atoms in total. The van der Waals surface area contributed by atoms with Crippen molar-refractivity contribution in [3.63, 3.8) is 0 Å². The molecular formula is C11H17N5O. The van der Waals surface area contributed by atoms with Crippen molar-refractivity contribution in [2.45, 2.75) is 20.8 Å². The highest BCUT2D eigenvalue weighted by molar-refractivity contribution is 5.44. The normalized spacial score (nSPS) is 12.0. The number of aliphatic hydroxyl groups excluding tert-OH is 1. The van der Waals surface area contributed by atoms with Gasteiger partial charge in [-0.05, 0) is 6.92 Å². The van der Waals surface area contributed by atoms with Crippen LogP contribution in [0.15, 0.2) is 12.4 Å². The van der Waals surface area contributed by atoms with Crippen molar-refractivity contribution in [3.05, 3.63) is 18.1 Å². The molecule has 0 saturated heterocycles. The average Bonchev–Trinajstić information content (AvgIpc) is 2.73. The molecule has 2 N–H and O–H groups in total. The van der Waals surface area contributed by atoms with Crippen molar-refractivity contribution < 1.29 is 5.11 Å². The summed E-state index contributed by atoms with van der Waals surface area (Å²) >= 11 is 0. The van der Waals surface area contributed by atoms with Crippen LogP contribution < -0.4 is 5.32 Å². The minimum absolute atomic E-state index is 0.130. The fourth-order valence-electron chi connectivity index (χ4n) is 1.44. The van der Waals surface area contributed by atoms with E-state index in [1.165, 1.54) is 6.33 Å². The number of hydrogen-bond acceptors (Lipinski definition) is 5. The molecule has 2 heterocycles. The minimum Gasteiger partial charge on any atom is -0.396 e. The Morgan fingerprint density at radius 2 is 2.24 bits per heavy atom. The Morgan fingerprint density at radius 1 is 1.47 bits per heavy atom. The van der Waals surface area contributed by atoms with Crippen molar-refractivity contribution in [2.24, 2.45) is 5.41 Å². The molecule has 0 fully saturated rings. The smallest absolute Gasteiger partial charge is 0.254 e. The van der Waals surface area contributed by atoms with Crippen LogP contribution in [0, 0.1) is 12.3 Å². The molecule has 6 heteroatoms. The van der Waals surface area contributed by atoms with Gasteiger partial charge in [0.1, 0.15) is 12.1 Å².